The molecule has 2 fully saturated rings. The number of hydrogen-bond acceptors (Lipinski definition) is 3. The van der Waals surface area contributed by atoms with Crippen LogP contribution in [0, 0.1) is 0 Å². The van der Waals surface area contributed by atoms with Crippen molar-refractivity contribution in [2.45, 2.75) is 12.0 Å². The van der Waals surface area contributed by atoms with Gasteiger partial charge in [0.05, 0.1) is 0 Å². The lowest BCUT2D eigenvalue weighted by molar-refractivity contribution is 0.140. The van der Waals surface area contributed by atoms with E-state index in [4.69, 9.17) is 16.3 Å². The Labute approximate surface area is 135 Å². The van der Waals surface area contributed by atoms with Gasteiger partial charge >= 0.3 is 0 Å². The van der Waals surface area contributed by atoms with Crippen LogP contribution in [-0.2, 0) is 0 Å². The molecule has 0 radical (unpaired) electrons. The van der Waals surface area contributed by atoms with Crippen LogP contribution in [0.2, 0.25) is 5.02 Å². The van der Waals surface area contributed by atoms with Crippen molar-refractivity contribution in [1.82, 2.24) is 5.32 Å². The second kappa shape index (κ2) is 5.82. The molecule has 4 rings (SSSR count). The zero-order valence-electron chi connectivity index (χ0n) is 12.3. The van der Waals surface area contributed by atoms with Crippen molar-refractivity contribution in [3.05, 3.63) is 59.1 Å². The summed E-state index contributed by atoms with van der Waals surface area (Å²) >= 11 is 6.15. The van der Waals surface area contributed by atoms with Gasteiger partial charge in [0, 0.05) is 48.4 Å². The number of benzene rings is 2. The van der Waals surface area contributed by atoms with Crippen LogP contribution in [0.25, 0.3) is 0 Å². The fourth-order valence-electron chi connectivity index (χ4n) is 3.00. The molecule has 4 heteroatoms. The van der Waals surface area contributed by atoms with Crippen molar-refractivity contribution >= 4 is 17.3 Å². The first-order valence-corrected chi connectivity index (χ1v) is 8.14. The first-order valence-electron chi connectivity index (χ1n) is 7.76. The Morgan fingerprint density at radius 2 is 1.82 bits per heavy atom. The van der Waals surface area contributed by atoms with E-state index in [9.17, 15) is 0 Å². The Kier molecular flexibility index (Phi) is 3.68. The van der Waals surface area contributed by atoms with Crippen molar-refractivity contribution in [2.75, 3.05) is 31.1 Å². The van der Waals surface area contributed by atoms with Crippen molar-refractivity contribution in [1.29, 1.82) is 0 Å². The highest BCUT2D eigenvalue weighted by Crippen LogP contribution is 2.37. The smallest absolute Gasteiger partial charge is 0.124 e. The Morgan fingerprint density at radius 3 is 2.50 bits per heavy atom. The molecule has 0 atom stereocenters. The summed E-state index contributed by atoms with van der Waals surface area (Å²) in [5.74, 6) is 1.47. The molecule has 1 N–H and O–H groups in total. The van der Waals surface area contributed by atoms with E-state index in [0.717, 1.165) is 37.0 Å². The molecule has 2 saturated heterocycles. The van der Waals surface area contributed by atoms with Crippen molar-refractivity contribution in [3.63, 3.8) is 0 Å². The summed E-state index contributed by atoms with van der Waals surface area (Å²) in [5.41, 5.74) is 2.57. The summed E-state index contributed by atoms with van der Waals surface area (Å²) in [5, 5.41) is 3.98. The van der Waals surface area contributed by atoms with Gasteiger partial charge < -0.3 is 15.0 Å². The lowest BCUT2D eigenvalue weighted by atomic mass is 9.90. The molecular weight excluding hydrogens is 296 g/mol. The molecule has 0 aromatic heterocycles. The zero-order valence-corrected chi connectivity index (χ0v) is 13.1. The fourth-order valence-corrected chi connectivity index (χ4v) is 3.16. The molecule has 0 amide bonds. The van der Waals surface area contributed by atoms with Crippen LogP contribution in [0.15, 0.2) is 48.5 Å². The minimum absolute atomic E-state index is 0.280. The Hall–Kier alpha value is -1.71. The predicted molar refractivity (Wildman–Crippen MR) is 90.1 cm³/mol. The average molecular weight is 315 g/mol. The fraction of sp³-hybridized carbons (Fsp3) is 0.333. The van der Waals surface area contributed by atoms with Crippen LogP contribution < -0.4 is 15.0 Å². The number of nitrogens with one attached hydrogen (secondary N) is 1. The molecule has 22 heavy (non-hydrogen) atoms. The lowest BCUT2D eigenvalue weighted by Crippen LogP contribution is -2.50. The number of ether oxygens (including phenoxy) is 1. The minimum Gasteiger partial charge on any atom is -0.487 e. The second-order valence-corrected chi connectivity index (χ2v) is 6.45. The second-order valence-electron chi connectivity index (χ2n) is 6.02. The summed E-state index contributed by atoms with van der Waals surface area (Å²) in [6.45, 7) is 3.91. The predicted octanol–water partition coefficient (Wildman–Crippen LogP) is 3.29. The van der Waals surface area contributed by atoms with Crippen LogP contribution in [0.5, 0.6) is 5.75 Å². The quantitative estimate of drug-likeness (QED) is 0.937. The zero-order chi connectivity index (χ0) is 14.9. The van der Waals surface area contributed by atoms with E-state index >= 15 is 0 Å². The van der Waals surface area contributed by atoms with Crippen molar-refractivity contribution in [2.24, 2.45) is 0 Å². The number of anilines is 1. The van der Waals surface area contributed by atoms with Crippen LogP contribution in [-0.4, -0.2) is 32.3 Å². The Morgan fingerprint density at radius 1 is 1.05 bits per heavy atom. The standard InChI is InChI=1S/C18H19ClN2O/c19-14-6-7-17(18(8-14)22-16-9-20-10-16)13-11-21(12-13)15-4-2-1-3-5-15/h1-8,13,16,20H,9-12H2. The maximum Gasteiger partial charge on any atom is 0.124 e. The van der Waals surface area contributed by atoms with E-state index in [1.807, 2.05) is 12.1 Å². The van der Waals surface area contributed by atoms with Gasteiger partial charge in [-0.1, -0.05) is 35.9 Å². The number of para-hydroxylation sites is 1. The Bertz CT molecular complexity index is 651. The third-order valence-corrected chi connectivity index (χ3v) is 4.69. The van der Waals surface area contributed by atoms with E-state index < -0.39 is 0 Å². The van der Waals surface area contributed by atoms with Gasteiger partial charge in [0.15, 0.2) is 0 Å². The number of nitrogens with zero attached hydrogens (tertiary/aromatic N) is 1. The summed E-state index contributed by atoms with van der Waals surface area (Å²) < 4.78 is 6.09. The molecule has 0 bridgehead atoms. The van der Waals surface area contributed by atoms with Crippen molar-refractivity contribution in [3.8, 4) is 5.75 Å². The molecule has 3 nitrogen and oxygen atoms in total. The highest BCUT2D eigenvalue weighted by Gasteiger charge is 2.31. The van der Waals surface area contributed by atoms with Crippen LogP contribution >= 0.6 is 11.6 Å². The van der Waals surface area contributed by atoms with Gasteiger partial charge in [0.25, 0.3) is 0 Å². The molecule has 2 aromatic rings. The van der Waals surface area contributed by atoms with Gasteiger partial charge in [0.2, 0.25) is 0 Å². The molecule has 0 spiro atoms. The maximum absolute atomic E-state index is 6.15. The van der Waals surface area contributed by atoms with Crippen LogP contribution in [0.4, 0.5) is 5.69 Å². The molecule has 0 aliphatic carbocycles. The molecule has 2 heterocycles. The highest BCUT2D eigenvalue weighted by atomic mass is 35.5. The normalized spacial score (nSPS) is 18.7. The van der Waals surface area contributed by atoms with E-state index in [1.165, 1.54) is 11.3 Å². The van der Waals surface area contributed by atoms with Gasteiger partial charge in [-0.15, -0.1) is 0 Å². The topological polar surface area (TPSA) is 24.5 Å². The third kappa shape index (κ3) is 2.67. The number of rotatable bonds is 4. The SMILES string of the molecule is Clc1ccc(C2CN(c3ccccc3)C2)c(OC2CNC2)c1. The lowest BCUT2D eigenvalue weighted by Gasteiger charge is -2.42. The number of halogens is 1. The van der Waals surface area contributed by atoms with Gasteiger partial charge in [-0.2, -0.15) is 0 Å². The van der Waals surface area contributed by atoms with Gasteiger partial charge in [-0.25, -0.2) is 0 Å². The molecule has 2 aliphatic heterocycles. The van der Waals surface area contributed by atoms with Crippen LogP contribution in [0.1, 0.15) is 11.5 Å². The summed E-state index contributed by atoms with van der Waals surface area (Å²) in [7, 11) is 0. The average Bonchev–Trinajstić information content (AvgIpc) is 2.44. The minimum atomic E-state index is 0.280. The first kappa shape index (κ1) is 13.9. The van der Waals surface area contributed by atoms with Gasteiger partial charge in [-0.05, 0) is 24.3 Å². The largest absolute Gasteiger partial charge is 0.487 e. The van der Waals surface area contributed by atoms with E-state index in [-0.39, 0.29) is 6.10 Å². The molecule has 2 aliphatic rings. The van der Waals surface area contributed by atoms with Gasteiger partial charge in [-0.3, -0.25) is 0 Å². The monoisotopic (exact) mass is 314 g/mol. The molecule has 0 unspecified atom stereocenters. The molecule has 0 saturated carbocycles. The summed E-state index contributed by atoms with van der Waals surface area (Å²) in [4.78, 5) is 2.40. The Balaban J connectivity index is 1.49. The highest BCUT2D eigenvalue weighted by molar-refractivity contribution is 6.30. The van der Waals surface area contributed by atoms with E-state index in [0.29, 0.717) is 5.92 Å². The van der Waals surface area contributed by atoms with Crippen molar-refractivity contribution < 1.29 is 4.74 Å². The number of hydrogen-bond donors (Lipinski definition) is 1. The van der Waals surface area contributed by atoms with Crippen LogP contribution in [0.3, 0.4) is 0 Å². The maximum atomic E-state index is 6.15. The van der Waals surface area contributed by atoms with E-state index in [1.54, 1.807) is 0 Å². The summed E-state index contributed by atoms with van der Waals surface area (Å²) in [6.07, 6.45) is 0.280. The van der Waals surface area contributed by atoms with Gasteiger partial charge in [0.1, 0.15) is 11.9 Å². The molecule has 2 aromatic carbocycles. The van der Waals surface area contributed by atoms with E-state index in [2.05, 4.69) is 46.6 Å². The molecule has 114 valence electrons. The summed E-state index contributed by atoms with van der Waals surface area (Å²) in [6, 6.07) is 16.6. The molecular formula is C18H19ClN2O. The first-order chi connectivity index (χ1) is 10.8. The third-order valence-electron chi connectivity index (χ3n) is 4.46.